The molecule has 2 rings (SSSR count). The van der Waals surface area contributed by atoms with Crippen molar-refractivity contribution in [1.29, 1.82) is 0 Å². The molecule has 0 spiro atoms. The highest BCUT2D eigenvalue weighted by atomic mass is 32.2. The second kappa shape index (κ2) is 4.58. The SMILES string of the molecule is C=C(CSC)C(=O)c1cc2ccccc2o1. The Hall–Kier alpha value is -1.48. The Morgan fingerprint density at radius 2 is 2.19 bits per heavy atom. The maximum absolute atomic E-state index is 11.9. The van der Waals surface area contributed by atoms with Crippen molar-refractivity contribution in [3.05, 3.63) is 48.2 Å². The summed E-state index contributed by atoms with van der Waals surface area (Å²) in [4.78, 5) is 11.9. The molecule has 0 aliphatic rings. The van der Waals surface area contributed by atoms with E-state index in [-0.39, 0.29) is 5.78 Å². The van der Waals surface area contributed by atoms with Gasteiger partial charge in [-0.25, -0.2) is 0 Å². The van der Waals surface area contributed by atoms with E-state index in [1.165, 1.54) is 0 Å². The molecule has 16 heavy (non-hydrogen) atoms. The highest BCUT2D eigenvalue weighted by Crippen LogP contribution is 2.21. The molecule has 0 bridgehead atoms. The highest BCUT2D eigenvalue weighted by Gasteiger charge is 2.14. The molecule has 0 unspecified atom stereocenters. The fraction of sp³-hybridized carbons (Fsp3) is 0.154. The van der Waals surface area contributed by atoms with E-state index in [1.54, 1.807) is 17.8 Å². The number of para-hydroxylation sites is 1. The van der Waals surface area contributed by atoms with Crippen molar-refractivity contribution < 1.29 is 9.21 Å². The van der Waals surface area contributed by atoms with Gasteiger partial charge in [0.1, 0.15) is 5.58 Å². The standard InChI is InChI=1S/C13H12O2S/c1-9(8-16-2)13(14)12-7-10-5-3-4-6-11(10)15-12/h3-7H,1,8H2,2H3. The number of benzene rings is 1. The van der Waals surface area contributed by atoms with Crippen molar-refractivity contribution in [3.63, 3.8) is 0 Å². The van der Waals surface area contributed by atoms with Crippen LogP contribution in [-0.2, 0) is 0 Å². The molecule has 0 radical (unpaired) electrons. The molecule has 0 aliphatic heterocycles. The zero-order valence-corrected chi connectivity index (χ0v) is 9.84. The maximum Gasteiger partial charge on any atom is 0.224 e. The summed E-state index contributed by atoms with van der Waals surface area (Å²) in [7, 11) is 0. The Bertz CT molecular complexity index is 507. The predicted molar refractivity (Wildman–Crippen MR) is 68.1 cm³/mol. The lowest BCUT2D eigenvalue weighted by atomic mass is 10.1. The number of furan rings is 1. The van der Waals surface area contributed by atoms with Gasteiger partial charge in [0.15, 0.2) is 5.76 Å². The Morgan fingerprint density at radius 3 is 2.88 bits per heavy atom. The zero-order chi connectivity index (χ0) is 11.5. The average molecular weight is 232 g/mol. The monoisotopic (exact) mass is 232 g/mol. The Labute approximate surface area is 98.3 Å². The van der Waals surface area contributed by atoms with E-state index >= 15 is 0 Å². The van der Waals surface area contributed by atoms with Crippen LogP contribution in [0.15, 0.2) is 46.9 Å². The van der Waals surface area contributed by atoms with Crippen LogP contribution in [0.1, 0.15) is 10.6 Å². The quantitative estimate of drug-likeness (QED) is 0.596. The molecular weight excluding hydrogens is 220 g/mol. The van der Waals surface area contributed by atoms with E-state index in [4.69, 9.17) is 4.42 Å². The van der Waals surface area contributed by atoms with Crippen LogP contribution in [0.5, 0.6) is 0 Å². The van der Waals surface area contributed by atoms with Crippen molar-refractivity contribution in [3.8, 4) is 0 Å². The smallest absolute Gasteiger partial charge is 0.224 e. The zero-order valence-electron chi connectivity index (χ0n) is 9.03. The van der Waals surface area contributed by atoms with Crippen LogP contribution in [0, 0.1) is 0 Å². The number of thioether (sulfide) groups is 1. The molecule has 1 aromatic carbocycles. The minimum atomic E-state index is -0.106. The Kier molecular flexibility index (Phi) is 3.15. The first-order valence-corrected chi connectivity index (χ1v) is 6.31. The number of carbonyl (C=O) groups is 1. The van der Waals surface area contributed by atoms with E-state index in [1.807, 2.05) is 30.5 Å². The van der Waals surface area contributed by atoms with Crippen molar-refractivity contribution >= 4 is 28.5 Å². The second-order valence-electron chi connectivity index (χ2n) is 3.51. The van der Waals surface area contributed by atoms with Gasteiger partial charge in [0.2, 0.25) is 5.78 Å². The van der Waals surface area contributed by atoms with Gasteiger partial charge in [0.05, 0.1) is 0 Å². The summed E-state index contributed by atoms with van der Waals surface area (Å²) >= 11 is 1.58. The van der Waals surface area contributed by atoms with Crippen LogP contribution < -0.4 is 0 Å². The van der Waals surface area contributed by atoms with Crippen LogP contribution in [-0.4, -0.2) is 17.8 Å². The molecule has 1 aromatic heterocycles. The normalized spacial score (nSPS) is 10.6. The number of hydrogen-bond acceptors (Lipinski definition) is 3. The third-order valence-electron chi connectivity index (χ3n) is 2.29. The summed E-state index contributed by atoms with van der Waals surface area (Å²) in [6, 6.07) is 9.35. The molecule has 82 valence electrons. The van der Waals surface area contributed by atoms with Crippen molar-refractivity contribution in [2.45, 2.75) is 0 Å². The van der Waals surface area contributed by atoms with Gasteiger partial charge in [-0.15, -0.1) is 0 Å². The second-order valence-corrected chi connectivity index (χ2v) is 4.38. The summed E-state index contributed by atoms with van der Waals surface area (Å²) < 4.78 is 5.48. The first kappa shape index (κ1) is 11.0. The van der Waals surface area contributed by atoms with Gasteiger partial charge in [-0.1, -0.05) is 24.8 Å². The maximum atomic E-state index is 11.9. The minimum Gasteiger partial charge on any atom is -0.453 e. The van der Waals surface area contributed by atoms with Gasteiger partial charge in [0, 0.05) is 16.7 Å². The van der Waals surface area contributed by atoms with E-state index < -0.39 is 0 Å². The molecule has 0 saturated heterocycles. The van der Waals surface area contributed by atoms with Gasteiger partial charge in [-0.3, -0.25) is 4.79 Å². The van der Waals surface area contributed by atoms with Crippen LogP contribution in [0.3, 0.4) is 0 Å². The van der Waals surface area contributed by atoms with Crippen molar-refractivity contribution in [1.82, 2.24) is 0 Å². The molecule has 0 fully saturated rings. The largest absolute Gasteiger partial charge is 0.453 e. The van der Waals surface area contributed by atoms with E-state index in [0.717, 1.165) is 11.0 Å². The molecule has 0 aliphatic carbocycles. The first-order chi connectivity index (χ1) is 7.72. The topological polar surface area (TPSA) is 30.2 Å². The van der Waals surface area contributed by atoms with Crippen LogP contribution >= 0.6 is 11.8 Å². The lowest BCUT2D eigenvalue weighted by Crippen LogP contribution is -2.02. The van der Waals surface area contributed by atoms with E-state index in [0.29, 0.717) is 17.1 Å². The lowest BCUT2D eigenvalue weighted by Gasteiger charge is -1.98. The third kappa shape index (κ3) is 2.04. The number of rotatable bonds is 4. The molecule has 0 N–H and O–H groups in total. The molecule has 2 aromatic rings. The summed E-state index contributed by atoms with van der Waals surface area (Å²) in [5.74, 6) is 0.904. The number of hydrogen-bond donors (Lipinski definition) is 0. The van der Waals surface area contributed by atoms with Gasteiger partial charge in [-0.2, -0.15) is 11.8 Å². The van der Waals surface area contributed by atoms with Gasteiger partial charge in [0.25, 0.3) is 0 Å². The minimum absolute atomic E-state index is 0.106. The first-order valence-electron chi connectivity index (χ1n) is 4.92. The molecular formula is C13H12O2S. The average Bonchev–Trinajstić information content (AvgIpc) is 2.71. The summed E-state index contributed by atoms with van der Waals surface area (Å²) in [5, 5.41) is 0.947. The summed E-state index contributed by atoms with van der Waals surface area (Å²) in [6.45, 7) is 3.76. The van der Waals surface area contributed by atoms with Crippen molar-refractivity contribution in [2.75, 3.05) is 12.0 Å². The molecule has 1 heterocycles. The summed E-state index contributed by atoms with van der Waals surface area (Å²) in [5.41, 5.74) is 1.31. The Morgan fingerprint density at radius 1 is 1.44 bits per heavy atom. The highest BCUT2D eigenvalue weighted by molar-refractivity contribution is 7.98. The van der Waals surface area contributed by atoms with Crippen LogP contribution in [0.4, 0.5) is 0 Å². The van der Waals surface area contributed by atoms with Crippen LogP contribution in [0.2, 0.25) is 0 Å². The molecule has 0 atom stereocenters. The van der Waals surface area contributed by atoms with E-state index in [2.05, 4.69) is 6.58 Å². The van der Waals surface area contributed by atoms with Gasteiger partial charge < -0.3 is 4.42 Å². The summed E-state index contributed by atoms with van der Waals surface area (Å²) in [6.07, 6.45) is 1.94. The fourth-order valence-electron chi connectivity index (χ4n) is 1.51. The molecule has 2 nitrogen and oxygen atoms in total. The third-order valence-corrected chi connectivity index (χ3v) is 2.93. The number of carbonyl (C=O) groups excluding carboxylic acids is 1. The van der Waals surface area contributed by atoms with E-state index in [9.17, 15) is 4.79 Å². The lowest BCUT2D eigenvalue weighted by molar-refractivity contribution is 0.101. The number of Topliss-reactive ketones (excluding diaryl/α,β-unsaturated/α-hetero) is 1. The molecule has 0 saturated carbocycles. The van der Waals surface area contributed by atoms with Gasteiger partial charge in [-0.05, 0) is 18.4 Å². The van der Waals surface area contributed by atoms with Crippen molar-refractivity contribution in [2.24, 2.45) is 0 Å². The Balaban J connectivity index is 2.33. The molecule has 0 amide bonds. The van der Waals surface area contributed by atoms with Gasteiger partial charge >= 0.3 is 0 Å². The number of fused-ring (bicyclic) bond motifs is 1. The number of ketones is 1. The predicted octanol–water partition coefficient (Wildman–Crippen LogP) is 3.53. The molecule has 3 heteroatoms. The van der Waals surface area contributed by atoms with Crippen LogP contribution in [0.25, 0.3) is 11.0 Å². The fourth-order valence-corrected chi connectivity index (χ4v) is 1.99.